The Balaban J connectivity index is 2.66. The Hall–Kier alpha value is -1.50. The molecule has 34 heavy (non-hydrogen) atoms. The first-order valence-electron chi connectivity index (χ1n) is 11.6. The second-order valence-electron chi connectivity index (χ2n) is 10.3. The number of urea groups is 2. The van der Waals surface area contributed by atoms with Gasteiger partial charge < -0.3 is 10.6 Å². The van der Waals surface area contributed by atoms with Crippen molar-refractivity contribution in [2.45, 2.75) is 52.6 Å². The van der Waals surface area contributed by atoms with Gasteiger partial charge in [0.25, 0.3) is 0 Å². The van der Waals surface area contributed by atoms with Gasteiger partial charge >= 0.3 is 12.1 Å². The Morgan fingerprint density at radius 2 is 0.971 bits per heavy atom. The molecule has 0 aromatic rings. The highest BCUT2D eigenvalue weighted by Crippen LogP contribution is 2.10. The van der Waals surface area contributed by atoms with Crippen molar-refractivity contribution in [2.24, 2.45) is 0 Å². The molecule has 0 spiro atoms. The second-order valence-corrected chi connectivity index (χ2v) is 12.7. The van der Waals surface area contributed by atoms with E-state index in [0.717, 1.165) is 23.0 Å². The number of hydrogen-bond acceptors (Lipinski definition) is 8. The molecule has 1 saturated heterocycles. The first-order chi connectivity index (χ1) is 15.7. The third kappa shape index (κ3) is 16.2. The van der Waals surface area contributed by atoms with Crippen molar-refractivity contribution in [3.05, 3.63) is 0 Å². The van der Waals surface area contributed by atoms with Crippen LogP contribution < -0.4 is 21.3 Å². The largest absolute Gasteiger partial charge is 0.333 e. The highest BCUT2D eigenvalue weighted by Gasteiger charge is 2.20. The first-order valence-corrected chi connectivity index (χ1v) is 13.9. The second kappa shape index (κ2) is 14.8. The minimum Gasteiger partial charge on any atom is -0.333 e. The average molecular weight is 519 g/mol. The zero-order valence-corrected chi connectivity index (χ0v) is 23.0. The lowest BCUT2D eigenvalue weighted by Gasteiger charge is -2.28. The molecular formula is C22H42N6O4S2. The molecule has 0 bridgehead atoms. The predicted molar refractivity (Wildman–Crippen MR) is 140 cm³/mol. The Morgan fingerprint density at radius 3 is 1.29 bits per heavy atom. The summed E-state index contributed by atoms with van der Waals surface area (Å²) in [6.07, 6.45) is 0. The van der Waals surface area contributed by atoms with Crippen LogP contribution in [0.25, 0.3) is 0 Å². The summed E-state index contributed by atoms with van der Waals surface area (Å²) >= 11 is 3.69. The van der Waals surface area contributed by atoms with Crippen LogP contribution in [0.1, 0.15) is 41.5 Å². The van der Waals surface area contributed by atoms with E-state index >= 15 is 0 Å². The summed E-state index contributed by atoms with van der Waals surface area (Å²) in [4.78, 5) is 52.9. The third-order valence-corrected chi connectivity index (χ3v) is 6.61. The van der Waals surface area contributed by atoms with Gasteiger partial charge in [-0.1, -0.05) is 0 Å². The van der Waals surface area contributed by atoms with Crippen LogP contribution in [0.2, 0.25) is 0 Å². The molecule has 1 fully saturated rings. The minimum atomic E-state index is -0.509. The lowest BCUT2D eigenvalue weighted by molar-refractivity contribution is -0.122. The van der Waals surface area contributed by atoms with E-state index in [2.05, 4.69) is 21.3 Å². The SMILES string of the molecule is CC(C)(C)NC(=O)NC(=O)CN1CCSCCSCCN(CC(=O)NC(=O)NC(C)(C)C)CC1. The van der Waals surface area contributed by atoms with Crippen LogP contribution in [0.5, 0.6) is 0 Å². The number of nitrogens with one attached hydrogen (secondary N) is 4. The molecule has 1 aliphatic heterocycles. The zero-order chi connectivity index (χ0) is 25.8. The fourth-order valence-electron chi connectivity index (χ4n) is 3.01. The number of thioether (sulfide) groups is 2. The molecule has 0 radical (unpaired) electrons. The van der Waals surface area contributed by atoms with E-state index in [1.807, 2.05) is 74.9 Å². The standard InChI is InChI=1S/C22H42N6O4S2/c1-21(2,3)25-19(31)23-17(29)15-27-7-8-28(10-12-34-14-13-33-11-9-27)16-18(30)24-20(32)26-22(4,5)6/h7-16H2,1-6H3,(H2,23,25,29,31)(H2,24,26,30,32). The van der Waals surface area contributed by atoms with Crippen LogP contribution in [0.4, 0.5) is 9.59 Å². The molecule has 0 unspecified atom stereocenters. The summed E-state index contributed by atoms with van der Waals surface area (Å²) in [7, 11) is 0. The fraction of sp³-hybridized carbons (Fsp3) is 0.818. The quantitative estimate of drug-likeness (QED) is 0.440. The smallest absolute Gasteiger partial charge is 0.321 e. The van der Waals surface area contributed by atoms with E-state index < -0.39 is 23.1 Å². The normalized spacial score (nSPS) is 17.6. The predicted octanol–water partition coefficient (Wildman–Crippen LogP) is 1.32. The van der Waals surface area contributed by atoms with Gasteiger partial charge in [0.05, 0.1) is 13.1 Å². The van der Waals surface area contributed by atoms with E-state index in [0.29, 0.717) is 26.2 Å². The van der Waals surface area contributed by atoms with Gasteiger partial charge in [-0.25, -0.2) is 9.59 Å². The van der Waals surface area contributed by atoms with Gasteiger partial charge in [0, 0.05) is 60.3 Å². The van der Waals surface area contributed by atoms with Crippen LogP contribution in [-0.2, 0) is 9.59 Å². The Morgan fingerprint density at radius 1 is 0.618 bits per heavy atom. The molecule has 196 valence electrons. The molecule has 4 N–H and O–H groups in total. The Bertz CT molecular complexity index is 636. The third-order valence-electron chi connectivity index (χ3n) is 4.43. The Kier molecular flexibility index (Phi) is 13.3. The number of carbonyl (C=O) groups is 4. The number of hydrogen-bond donors (Lipinski definition) is 4. The monoisotopic (exact) mass is 518 g/mol. The summed E-state index contributed by atoms with van der Waals surface area (Å²) in [5, 5.41) is 10.2. The van der Waals surface area contributed by atoms with Gasteiger partial charge in [-0.2, -0.15) is 23.5 Å². The number of nitrogens with zero attached hydrogens (tertiary/aromatic N) is 2. The molecule has 1 heterocycles. The molecule has 12 heteroatoms. The molecule has 6 amide bonds. The molecule has 10 nitrogen and oxygen atoms in total. The molecule has 0 saturated carbocycles. The average Bonchev–Trinajstić information content (AvgIpc) is 2.62. The molecule has 0 aliphatic carbocycles. The Labute approximate surface area is 212 Å². The number of carbonyl (C=O) groups excluding carboxylic acids is 4. The molecular weight excluding hydrogens is 476 g/mol. The number of amides is 6. The van der Waals surface area contributed by atoms with Gasteiger partial charge in [-0.3, -0.25) is 30.0 Å². The molecule has 0 aromatic carbocycles. The first kappa shape index (κ1) is 30.5. The van der Waals surface area contributed by atoms with Crippen molar-refractivity contribution in [1.29, 1.82) is 0 Å². The van der Waals surface area contributed by atoms with Crippen molar-refractivity contribution in [1.82, 2.24) is 31.1 Å². The molecule has 0 atom stereocenters. The summed E-state index contributed by atoms with van der Waals surface area (Å²) < 4.78 is 0. The van der Waals surface area contributed by atoms with Crippen LogP contribution in [-0.4, -0.2) is 107 Å². The summed E-state index contributed by atoms with van der Waals surface area (Å²) in [5.74, 6) is 3.08. The summed E-state index contributed by atoms with van der Waals surface area (Å²) in [6, 6.07) is -1.02. The summed E-state index contributed by atoms with van der Waals surface area (Å²) in [6.45, 7) is 13.8. The number of rotatable bonds is 4. The van der Waals surface area contributed by atoms with Crippen molar-refractivity contribution in [3.8, 4) is 0 Å². The van der Waals surface area contributed by atoms with Gasteiger partial charge in [-0.05, 0) is 41.5 Å². The van der Waals surface area contributed by atoms with Gasteiger partial charge in [0.2, 0.25) is 11.8 Å². The summed E-state index contributed by atoms with van der Waals surface area (Å²) in [5.41, 5.74) is -0.866. The van der Waals surface area contributed by atoms with E-state index in [1.165, 1.54) is 0 Å². The van der Waals surface area contributed by atoms with E-state index in [-0.39, 0.29) is 24.9 Å². The van der Waals surface area contributed by atoms with Crippen molar-refractivity contribution in [2.75, 3.05) is 62.3 Å². The lowest BCUT2D eigenvalue weighted by atomic mass is 10.1. The molecule has 1 rings (SSSR count). The maximum absolute atomic E-state index is 12.4. The maximum atomic E-state index is 12.4. The van der Waals surface area contributed by atoms with E-state index in [9.17, 15) is 19.2 Å². The van der Waals surface area contributed by atoms with Gasteiger partial charge in [0.1, 0.15) is 0 Å². The van der Waals surface area contributed by atoms with Gasteiger partial charge in [0.15, 0.2) is 0 Å². The van der Waals surface area contributed by atoms with Crippen LogP contribution >= 0.6 is 23.5 Å². The van der Waals surface area contributed by atoms with Crippen LogP contribution in [0.15, 0.2) is 0 Å². The van der Waals surface area contributed by atoms with Crippen molar-refractivity contribution in [3.63, 3.8) is 0 Å². The maximum Gasteiger partial charge on any atom is 0.321 e. The molecule has 1 aliphatic rings. The van der Waals surface area contributed by atoms with Crippen molar-refractivity contribution < 1.29 is 19.2 Å². The van der Waals surface area contributed by atoms with E-state index in [1.54, 1.807) is 0 Å². The van der Waals surface area contributed by atoms with Crippen LogP contribution in [0.3, 0.4) is 0 Å². The lowest BCUT2D eigenvalue weighted by Crippen LogP contribution is -2.52. The van der Waals surface area contributed by atoms with Crippen molar-refractivity contribution >= 4 is 47.4 Å². The highest BCUT2D eigenvalue weighted by molar-refractivity contribution is 8.02. The topological polar surface area (TPSA) is 123 Å². The number of imide groups is 2. The van der Waals surface area contributed by atoms with Gasteiger partial charge in [-0.15, -0.1) is 0 Å². The minimum absolute atomic E-state index is 0.0981. The zero-order valence-electron chi connectivity index (χ0n) is 21.4. The van der Waals surface area contributed by atoms with Crippen LogP contribution in [0, 0.1) is 0 Å². The fourth-order valence-corrected chi connectivity index (χ4v) is 5.14. The molecule has 0 aromatic heterocycles. The highest BCUT2D eigenvalue weighted by atomic mass is 32.2. The van der Waals surface area contributed by atoms with E-state index in [4.69, 9.17) is 0 Å².